The molecule has 0 bridgehead atoms. The zero-order chi connectivity index (χ0) is 43.5. The summed E-state index contributed by atoms with van der Waals surface area (Å²) in [5.41, 5.74) is 8.40. The van der Waals surface area contributed by atoms with Gasteiger partial charge in [-0.3, -0.25) is 39.0 Å². The number of urea groups is 1. The number of amides is 8. The minimum atomic E-state index is -1.04. The zero-order valence-electron chi connectivity index (χ0n) is 34.6. The third-order valence-corrected chi connectivity index (χ3v) is 12.4. The van der Waals surface area contributed by atoms with Gasteiger partial charge in [0.25, 0.3) is 17.7 Å². The smallest absolute Gasteiger partial charge is 0.320 e. The van der Waals surface area contributed by atoms with E-state index in [9.17, 15) is 33.6 Å². The Labute approximate surface area is 358 Å². The van der Waals surface area contributed by atoms with Crippen molar-refractivity contribution in [3.8, 4) is 0 Å². The predicted octanol–water partition coefficient (Wildman–Crippen LogP) is 2.28. The van der Waals surface area contributed by atoms with Gasteiger partial charge in [0.2, 0.25) is 17.7 Å². The molecule has 0 radical (unpaired) electrons. The minimum Gasteiger partial charge on any atom is -0.382 e. The second-order valence-electron chi connectivity index (χ2n) is 16.3. The van der Waals surface area contributed by atoms with Crippen LogP contribution >= 0.6 is 0 Å². The van der Waals surface area contributed by atoms with Gasteiger partial charge in [-0.15, -0.1) is 0 Å². The van der Waals surface area contributed by atoms with Gasteiger partial charge < -0.3 is 40.7 Å². The summed E-state index contributed by atoms with van der Waals surface area (Å²) in [4.78, 5) is 106. The Morgan fingerprint density at radius 3 is 2.44 bits per heavy atom. The Kier molecular flexibility index (Phi) is 12.3. The second-order valence-corrected chi connectivity index (χ2v) is 16.3. The number of hydrogen-bond donors (Lipinski definition) is 4. The van der Waals surface area contributed by atoms with Gasteiger partial charge >= 0.3 is 6.03 Å². The maximum atomic E-state index is 13.3. The summed E-state index contributed by atoms with van der Waals surface area (Å²) in [5, 5.41) is 8.59. The Morgan fingerprint density at radius 2 is 1.71 bits per heavy atom. The van der Waals surface area contributed by atoms with Crippen LogP contribution < -0.4 is 26.6 Å². The molecule has 0 spiro atoms. The highest BCUT2D eigenvalue weighted by molar-refractivity contribution is 6.25. The number of likely N-dealkylation sites (N-methyl/N-ethyl adjacent to an activating group) is 1. The molecule has 0 aliphatic carbocycles. The number of carbonyl (C=O) groups is 7. The van der Waals surface area contributed by atoms with E-state index in [4.69, 9.17) is 15.5 Å². The number of likely N-dealkylation sites (tertiary alicyclic amines) is 1. The van der Waals surface area contributed by atoms with E-state index >= 15 is 0 Å². The molecule has 2 aromatic carbocycles. The summed E-state index contributed by atoms with van der Waals surface area (Å²) in [7, 11) is 1.82. The van der Waals surface area contributed by atoms with Crippen LogP contribution in [0.3, 0.4) is 0 Å². The fourth-order valence-electron chi connectivity index (χ4n) is 9.00. The largest absolute Gasteiger partial charge is 0.382 e. The lowest BCUT2D eigenvalue weighted by Crippen LogP contribution is -2.54. The Balaban J connectivity index is 0.774. The number of fused-ring (bicyclic) bond motifs is 1. The number of nitrogens with zero attached hydrogens (tertiary/aromatic N) is 7. The molecule has 3 aromatic rings. The standard InChI is InChI=1S/C43H51N11O8/c1-50-20-21-53(43(50)61)29-4-3-17-52(25-29)33-24-46-37(38(44)57)39(48-33)47-28-9-7-26(8-10-28)27-13-18-51(19-14-27)35(56)15-22-62-23-16-45-31-6-2-5-30-36(31)42(60)54(41(30)59)32-11-12-34(55)49-40(32)58/h2,5-10,24,27,29,32,45H,3-4,11-23,25H2,1H3,(H2,44,57)(H,47,48)(H,49,55,58)/t29-,32?/m1/s1. The first-order chi connectivity index (χ1) is 30.0. The molecule has 2 atom stereocenters. The summed E-state index contributed by atoms with van der Waals surface area (Å²) in [5.74, 6) is -1.79. The van der Waals surface area contributed by atoms with E-state index in [1.165, 1.54) is 6.07 Å². The van der Waals surface area contributed by atoms with Gasteiger partial charge in [-0.05, 0) is 67.9 Å². The van der Waals surface area contributed by atoms with Crippen LogP contribution in [-0.4, -0.2) is 149 Å². The van der Waals surface area contributed by atoms with Crippen LogP contribution in [0.2, 0.25) is 0 Å². The number of primary amides is 1. The molecule has 6 heterocycles. The van der Waals surface area contributed by atoms with Crippen molar-refractivity contribution in [3.63, 3.8) is 0 Å². The molecule has 0 saturated carbocycles. The van der Waals surface area contributed by atoms with Crippen molar-refractivity contribution in [1.82, 2.24) is 34.9 Å². The van der Waals surface area contributed by atoms with Gasteiger partial charge in [0.15, 0.2) is 11.5 Å². The number of benzene rings is 2. The second kappa shape index (κ2) is 18.2. The highest BCUT2D eigenvalue weighted by atomic mass is 16.5. The van der Waals surface area contributed by atoms with Crippen LogP contribution in [0.1, 0.15) is 87.6 Å². The molecular weight excluding hydrogens is 799 g/mol. The average Bonchev–Trinajstić information content (AvgIpc) is 3.75. The van der Waals surface area contributed by atoms with Crippen molar-refractivity contribution in [2.24, 2.45) is 5.73 Å². The summed E-state index contributed by atoms with van der Waals surface area (Å²) >= 11 is 0. The topological polar surface area (TPSA) is 233 Å². The first-order valence-electron chi connectivity index (χ1n) is 21.2. The van der Waals surface area contributed by atoms with E-state index in [-0.39, 0.29) is 79.0 Å². The molecular formula is C43H51N11O8. The van der Waals surface area contributed by atoms with Crippen LogP contribution in [0.5, 0.6) is 0 Å². The summed E-state index contributed by atoms with van der Waals surface area (Å²) < 4.78 is 5.74. The number of ether oxygens (including phenoxy) is 1. The Morgan fingerprint density at radius 1 is 0.919 bits per heavy atom. The van der Waals surface area contributed by atoms with Crippen LogP contribution in [-0.2, 0) is 19.1 Å². The van der Waals surface area contributed by atoms with Crippen LogP contribution in [0.25, 0.3) is 0 Å². The lowest BCUT2D eigenvalue weighted by molar-refractivity contribution is -0.136. The number of aromatic nitrogens is 2. The van der Waals surface area contributed by atoms with Gasteiger partial charge in [0.05, 0.1) is 43.0 Å². The number of imide groups is 2. The number of hydrogen-bond acceptors (Lipinski definition) is 13. The maximum Gasteiger partial charge on any atom is 0.320 e. The van der Waals surface area contributed by atoms with Gasteiger partial charge in [0, 0.05) is 70.7 Å². The van der Waals surface area contributed by atoms with Gasteiger partial charge in [-0.2, -0.15) is 0 Å². The quantitative estimate of drug-likeness (QED) is 0.135. The van der Waals surface area contributed by atoms with Crippen molar-refractivity contribution in [2.45, 2.75) is 62.9 Å². The highest BCUT2D eigenvalue weighted by Crippen LogP contribution is 2.33. The number of carbonyl (C=O) groups excluding carboxylic acids is 7. The molecule has 5 N–H and O–H groups in total. The number of anilines is 4. The molecule has 1 aromatic heterocycles. The lowest BCUT2D eigenvalue weighted by atomic mass is 9.89. The fourth-order valence-corrected chi connectivity index (χ4v) is 9.00. The van der Waals surface area contributed by atoms with E-state index in [1.807, 2.05) is 41.1 Å². The molecule has 4 fully saturated rings. The van der Waals surface area contributed by atoms with Gasteiger partial charge in [-0.1, -0.05) is 18.2 Å². The molecule has 8 amide bonds. The summed E-state index contributed by atoms with van der Waals surface area (Å²) in [6.07, 6.45) is 5.34. The molecule has 1 unspecified atom stereocenters. The Hall–Kier alpha value is -6.63. The monoisotopic (exact) mass is 849 g/mol. The number of nitrogens with one attached hydrogen (secondary N) is 3. The molecule has 326 valence electrons. The van der Waals surface area contributed by atoms with Crippen molar-refractivity contribution in [3.05, 3.63) is 71.0 Å². The third kappa shape index (κ3) is 8.75. The summed E-state index contributed by atoms with van der Waals surface area (Å²) in [6.45, 7) is 4.83. The van der Waals surface area contributed by atoms with Crippen molar-refractivity contribution in [2.75, 3.05) is 81.6 Å². The molecule has 62 heavy (non-hydrogen) atoms. The van der Waals surface area contributed by atoms with Crippen LogP contribution in [0.4, 0.5) is 27.8 Å². The molecule has 5 aliphatic heterocycles. The molecule has 19 heteroatoms. The fraction of sp³-hybridized carbons (Fsp3) is 0.465. The predicted molar refractivity (Wildman–Crippen MR) is 226 cm³/mol. The van der Waals surface area contributed by atoms with Gasteiger partial charge in [-0.25, -0.2) is 14.8 Å². The molecule has 19 nitrogen and oxygen atoms in total. The highest BCUT2D eigenvalue weighted by Gasteiger charge is 2.45. The normalized spacial score (nSPS) is 20.8. The van der Waals surface area contributed by atoms with E-state index in [2.05, 4.69) is 25.8 Å². The lowest BCUT2D eigenvalue weighted by Gasteiger charge is -2.37. The SMILES string of the molecule is CN1CCN([C@@H]2CCCN(c3cnc(C(N)=O)c(Nc4ccc(C5CCN(C(=O)CCOCCNc6cccc7c6C(=O)N(C6CCC(=O)NC6=O)C7=O)CC5)cc4)n3)C2)C1=O. The van der Waals surface area contributed by atoms with E-state index in [1.54, 1.807) is 23.2 Å². The van der Waals surface area contributed by atoms with E-state index in [0.29, 0.717) is 50.8 Å². The number of piperidine rings is 3. The minimum absolute atomic E-state index is 0.0142. The van der Waals surface area contributed by atoms with Crippen molar-refractivity contribution < 1.29 is 38.3 Å². The number of rotatable bonds is 14. The Bertz CT molecular complexity index is 2260. The van der Waals surface area contributed by atoms with Crippen molar-refractivity contribution in [1.29, 1.82) is 0 Å². The van der Waals surface area contributed by atoms with Crippen LogP contribution in [0, 0.1) is 0 Å². The number of nitrogens with two attached hydrogens (primary N) is 1. The maximum absolute atomic E-state index is 13.3. The first kappa shape index (κ1) is 42.1. The average molecular weight is 850 g/mol. The molecule has 4 saturated heterocycles. The van der Waals surface area contributed by atoms with Gasteiger partial charge in [0.1, 0.15) is 11.9 Å². The van der Waals surface area contributed by atoms with E-state index in [0.717, 1.165) is 48.4 Å². The van der Waals surface area contributed by atoms with E-state index < -0.39 is 35.6 Å². The molecule has 5 aliphatic rings. The van der Waals surface area contributed by atoms with Crippen molar-refractivity contribution >= 4 is 64.5 Å². The van der Waals surface area contributed by atoms with Crippen LogP contribution in [0.15, 0.2) is 48.7 Å². The third-order valence-electron chi connectivity index (χ3n) is 12.4. The zero-order valence-corrected chi connectivity index (χ0v) is 34.6. The molecule has 8 rings (SSSR count). The summed E-state index contributed by atoms with van der Waals surface area (Å²) in [6, 6.07) is 11.9. The first-order valence-corrected chi connectivity index (χ1v) is 21.2.